The molecular weight excluding hydrogens is 316 g/mol. The number of piperidine rings is 1. The number of aromatic nitrogens is 3. The lowest BCUT2D eigenvalue weighted by molar-refractivity contribution is -0.133. The lowest BCUT2D eigenvalue weighted by Gasteiger charge is -2.31. The fourth-order valence-electron chi connectivity index (χ4n) is 3.70. The summed E-state index contributed by atoms with van der Waals surface area (Å²) >= 11 is 0. The molecule has 2 aromatic heterocycles. The van der Waals surface area contributed by atoms with E-state index in [-0.39, 0.29) is 23.7 Å². The van der Waals surface area contributed by atoms with E-state index < -0.39 is 0 Å². The van der Waals surface area contributed by atoms with Gasteiger partial charge in [-0.3, -0.25) is 9.78 Å². The molecule has 1 aliphatic heterocycles. The minimum absolute atomic E-state index is 0.111. The SMILES string of the molecule is CC(C)c1nc([C@@H]2CCCN(C(=O)[C@H]3C[C@@H]3c3cccnc3)C2)no1. The van der Waals surface area contributed by atoms with Crippen LogP contribution >= 0.6 is 0 Å². The lowest BCUT2D eigenvalue weighted by atomic mass is 9.96. The average Bonchev–Trinajstić information content (AvgIpc) is 3.29. The quantitative estimate of drug-likeness (QED) is 0.855. The first kappa shape index (κ1) is 16.2. The van der Waals surface area contributed by atoms with Crippen LogP contribution in [-0.4, -0.2) is 39.0 Å². The van der Waals surface area contributed by atoms with Gasteiger partial charge in [-0.05, 0) is 36.8 Å². The highest BCUT2D eigenvalue weighted by molar-refractivity contribution is 5.83. The van der Waals surface area contributed by atoms with Crippen molar-refractivity contribution in [1.82, 2.24) is 20.0 Å². The predicted octanol–water partition coefficient (Wildman–Crippen LogP) is 3.10. The number of carbonyl (C=O) groups is 1. The van der Waals surface area contributed by atoms with Crippen LogP contribution in [0.4, 0.5) is 0 Å². The molecule has 0 spiro atoms. The first-order valence-electron chi connectivity index (χ1n) is 9.15. The maximum Gasteiger partial charge on any atom is 0.229 e. The largest absolute Gasteiger partial charge is 0.342 e. The number of pyridine rings is 1. The van der Waals surface area contributed by atoms with Crippen molar-refractivity contribution in [3.8, 4) is 0 Å². The van der Waals surface area contributed by atoms with Crippen LogP contribution in [-0.2, 0) is 4.79 Å². The van der Waals surface area contributed by atoms with E-state index in [1.807, 2.05) is 31.0 Å². The van der Waals surface area contributed by atoms with Crippen molar-refractivity contribution in [1.29, 1.82) is 0 Å². The van der Waals surface area contributed by atoms with Gasteiger partial charge in [0, 0.05) is 43.2 Å². The van der Waals surface area contributed by atoms with E-state index in [0.29, 0.717) is 18.4 Å². The summed E-state index contributed by atoms with van der Waals surface area (Å²) in [6.45, 7) is 5.62. The first-order chi connectivity index (χ1) is 12.1. The van der Waals surface area contributed by atoms with Gasteiger partial charge in [0.2, 0.25) is 11.8 Å². The molecule has 0 N–H and O–H groups in total. The zero-order valence-electron chi connectivity index (χ0n) is 14.8. The molecule has 25 heavy (non-hydrogen) atoms. The molecule has 4 rings (SSSR count). The molecule has 6 nitrogen and oxygen atoms in total. The fraction of sp³-hybridized carbons (Fsp3) is 0.579. The van der Waals surface area contributed by atoms with E-state index in [4.69, 9.17) is 4.52 Å². The van der Waals surface area contributed by atoms with Gasteiger partial charge in [-0.2, -0.15) is 4.98 Å². The van der Waals surface area contributed by atoms with Crippen LogP contribution in [0.5, 0.6) is 0 Å². The molecule has 2 fully saturated rings. The van der Waals surface area contributed by atoms with E-state index in [9.17, 15) is 4.79 Å². The number of likely N-dealkylation sites (tertiary alicyclic amines) is 1. The Bertz CT molecular complexity index is 743. The smallest absolute Gasteiger partial charge is 0.229 e. The molecule has 0 unspecified atom stereocenters. The monoisotopic (exact) mass is 340 g/mol. The predicted molar refractivity (Wildman–Crippen MR) is 92.0 cm³/mol. The molecular formula is C19H24N4O2. The second-order valence-electron chi connectivity index (χ2n) is 7.50. The number of amides is 1. The van der Waals surface area contributed by atoms with Crippen LogP contribution in [0.1, 0.15) is 68.1 Å². The Morgan fingerprint density at radius 3 is 3.00 bits per heavy atom. The molecule has 3 heterocycles. The van der Waals surface area contributed by atoms with Crippen LogP contribution < -0.4 is 0 Å². The van der Waals surface area contributed by atoms with Gasteiger partial charge in [0.25, 0.3) is 0 Å². The van der Waals surface area contributed by atoms with Gasteiger partial charge in [-0.25, -0.2) is 0 Å². The zero-order valence-corrected chi connectivity index (χ0v) is 14.8. The molecule has 0 radical (unpaired) electrons. The summed E-state index contributed by atoms with van der Waals surface area (Å²) in [7, 11) is 0. The molecule has 0 bridgehead atoms. The molecule has 2 aliphatic rings. The average molecular weight is 340 g/mol. The lowest BCUT2D eigenvalue weighted by Crippen LogP contribution is -2.40. The van der Waals surface area contributed by atoms with Crippen molar-refractivity contribution in [3.05, 3.63) is 41.8 Å². The fourth-order valence-corrected chi connectivity index (χ4v) is 3.70. The first-order valence-corrected chi connectivity index (χ1v) is 9.15. The standard InChI is InChI=1S/C19H24N4O2/c1-12(2)18-21-17(22-25-18)14-6-4-8-23(11-14)19(24)16-9-15(16)13-5-3-7-20-10-13/h3,5,7,10,12,14-16H,4,6,8-9,11H2,1-2H3/t14-,15-,16+/m1/s1. The van der Waals surface area contributed by atoms with Crippen molar-refractivity contribution in [2.75, 3.05) is 13.1 Å². The molecule has 1 saturated heterocycles. The topological polar surface area (TPSA) is 72.1 Å². The van der Waals surface area contributed by atoms with Gasteiger partial charge < -0.3 is 9.42 Å². The summed E-state index contributed by atoms with van der Waals surface area (Å²) in [6.07, 6.45) is 6.59. The minimum atomic E-state index is 0.111. The molecule has 2 aromatic rings. The highest BCUT2D eigenvalue weighted by Crippen LogP contribution is 2.48. The Balaban J connectivity index is 1.40. The number of carbonyl (C=O) groups excluding carboxylic acids is 1. The summed E-state index contributed by atoms with van der Waals surface area (Å²) < 4.78 is 5.34. The van der Waals surface area contributed by atoms with E-state index in [1.54, 1.807) is 6.20 Å². The van der Waals surface area contributed by atoms with Crippen LogP contribution in [0.2, 0.25) is 0 Å². The van der Waals surface area contributed by atoms with Crippen LogP contribution in [0.25, 0.3) is 0 Å². The van der Waals surface area contributed by atoms with Crippen molar-refractivity contribution in [2.24, 2.45) is 5.92 Å². The number of nitrogens with zero attached hydrogens (tertiary/aromatic N) is 4. The molecule has 3 atom stereocenters. The summed E-state index contributed by atoms with van der Waals surface area (Å²) in [5.41, 5.74) is 1.18. The van der Waals surface area contributed by atoms with Gasteiger partial charge in [-0.1, -0.05) is 25.1 Å². The van der Waals surface area contributed by atoms with Gasteiger partial charge in [0.1, 0.15) is 0 Å². The molecule has 0 aromatic carbocycles. The highest BCUT2D eigenvalue weighted by Gasteiger charge is 2.46. The van der Waals surface area contributed by atoms with Crippen LogP contribution in [0, 0.1) is 5.92 Å². The molecule has 1 amide bonds. The van der Waals surface area contributed by atoms with Crippen molar-refractivity contribution < 1.29 is 9.32 Å². The van der Waals surface area contributed by atoms with E-state index in [2.05, 4.69) is 21.2 Å². The molecule has 1 aliphatic carbocycles. The number of rotatable bonds is 4. The van der Waals surface area contributed by atoms with E-state index >= 15 is 0 Å². The Morgan fingerprint density at radius 1 is 1.40 bits per heavy atom. The summed E-state index contributed by atoms with van der Waals surface area (Å²) in [4.78, 5) is 23.6. The van der Waals surface area contributed by atoms with Crippen molar-refractivity contribution in [3.63, 3.8) is 0 Å². The molecule has 132 valence electrons. The Hall–Kier alpha value is -2.24. The third kappa shape index (κ3) is 3.30. The Labute approximate surface area is 147 Å². The summed E-state index contributed by atoms with van der Waals surface area (Å²) in [5, 5.41) is 4.15. The van der Waals surface area contributed by atoms with Crippen molar-refractivity contribution in [2.45, 2.75) is 50.9 Å². The van der Waals surface area contributed by atoms with E-state index in [1.165, 1.54) is 5.56 Å². The summed E-state index contributed by atoms with van der Waals surface area (Å²) in [6, 6.07) is 4.01. The van der Waals surface area contributed by atoms with Crippen LogP contribution in [0.15, 0.2) is 29.0 Å². The highest BCUT2D eigenvalue weighted by atomic mass is 16.5. The third-order valence-electron chi connectivity index (χ3n) is 5.27. The summed E-state index contributed by atoms with van der Waals surface area (Å²) in [5.74, 6) is 2.56. The maximum atomic E-state index is 12.9. The molecule has 1 saturated carbocycles. The maximum absolute atomic E-state index is 12.9. The third-order valence-corrected chi connectivity index (χ3v) is 5.27. The number of hydrogen-bond acceptors (Lipinski definition) is 5. The second kappa shape index (κ2) is 6.58. The Morgan fingerprint density at radius 2 is 2.28 bits per heavy atom. The number of hydrogen-bond donors (Lipinski definition) is 0. The van der Waals surface area contributed by atoms with Crippen LogP contribution in [0.3, 0.4) is 0 Å². The van der Waals surface area contributed by atoms with Gasteiger partial charge in [0.15, 0.2) is 5.82 Å². The molecule has 6 heteroatoms. The normalized spacial score (nSPS) is 26.0. The van der Waals surface area contributed by atoms with Gasteiger partial charge >= 0.3 is 0 Å². The second-order valence-corrected chi connectivity index (χ2v) is 7.50. The van der Waals surface area contributed by atoms with Crippen molar-refractivity contribution >= 4 is 5.91 Å². The zero-order chi connectivity index (χ0) is 17.4. The Kier molecular flexibility index (Phi) is 4.27. The minimum Gasteiger partial charge on any atom is -0.342 e. The van der Waals surface area contributed by atoms with E-state index in [0.717, 1.165) is 31.6 Å². The van der Waals surface area contributed by atoms with Gasteiger partial charge in [-0.15, -0.1) is 0 Å². The van der Waals surface area contributed by atoms with Gasteiger partial charge in [0.05, 0.1) is 0 Å².